The highest BCUT2D eigenvalue weighted by atomic mass is 32.1. The minimum absolute atomic E-state index is 0.154. The Morgan fingerprint density at radius 3 is 2.21 bits per heavy atom. The molecule has 1 aliphatic rings. The summed E-state index contributed by atoms with van der Waals surface area (Å²) in [6.45, 7) is 13.3. The van der Waals surface area contributed by atoms with Crippen molar-refractivity contribution in [1.29, 1.82) is 0 Å². The summed E-state index contributed by atoms with van der Waals surface area (Å²) < 4.78 is 0. The molecule has 3 heteroatoms. The second-order valence-corrected chi connectivity index (χ2v) is 5.29. The highest BCUT2D eigenvalue weighted by Gasteiger charge is 2.38. The van der Waals surface area contributed by atoms with Crippen molar-refractivity contribution in [2.45, 2.75) is 52.6 Å². The molecule has 0 amide bonds. The number of hydrogen-bond donors (Lipinski definition) is 0. The molecule has 0 N–H and O–H groups in total. The average Bonchev–Trinajstić information content (AvgIpc) is 2.40. The molecule has 2 nitrogen and oxygen atoms in total. The van der Waals surface area contributed by atoms with E-state index in [2.05, 4.69) is 44.4 Å². The largest absolute Gasteiger partial charge is 0.347 e. The molecule has 1 rings (SSSR count). The van der Waals surface area contributed by atoms with Crippen molar-refractivity contribution in [2.75, 3.05) is 13.1 Å². The van der Waals surface area contributed by atoms with E-state index in [1.54, 1.807) is 0 Å². The van der Waals surface area contributed by atoms with Crippen LogP contribution in [-0.4, -0.2) is 39.6 Å². The summed E-state index contributed by atoms with van der Waals surface area (Å²) in [6, 6.07) is 0.599. The van der Waals surface area contributed by atoms with E-state index in [4.69, 9.17) is 12.2 Å². The van der Waals surface area contributed by atoms with E-state index in [1.807, 2.05) is 0 Å². The first-order valence-electron chi connectivity index (χ1n) is 5.50. The minimum atomic E-state index is 0.154. The van der Waals surface area contributed by atoms with Crippen LogP contribution in [0.15, 0.2) is 0 Å². The zero-order chi connectivity index (χ0) is 10.9. The predicted octanol–water partition coefficient (Wildman–Crippen LogP) is 2.49. The Hall–Kier alpha value is -0.310. The number of thiocarbonyl (C=S) groups is 1. The molecule has 1 saturated heterocycles. The van der Waals surface area contributed by atoms with Crippen molar-refractivity contribution in [3.8, 4) is 0 Å². The highest BCUT2D eigenvalue weighted by molar-refractivity contribution is 7.80. The highest BCUT2D eigenvalue weighted by Crippen LogP contribution is 2.27. The molecule has 14 heavy (non-hydrogen) atoms. The average molecular weight is 214 g/mol. The molecule has 82 valence electrons. The van der Waals surface area contributed by atoms with Gasteiger partial charge < -0.3 is 9.80 Å². The van der Waals surface area contributed by atoms with Crippen LogP contribution in [0, 0.1) is 0 Å². The second-order valence-electron chi connectivity index (χ2n) is 4.92. The van der Waals surface area contributed by atoms with Crippen molar-refractivity contribution in [3.63, 3.8) is 0 Å². The Morgan fingerprint density at radius 1 is 1.36 bits per heavy atom. The van der Waals surface area contributed by atoms with Gasteiger partial charge in [0.25, 0.3) is 0 Å². The smallest absolute Gasteiger partial charge is 0.172 e. The van der Waals surface area contributed by atoms with Crippen LogP contribution < -0.4 is 0 Å². The second kappa shape index (κ2) is 4.05. The Morgan fingerprint density at radius 2 is 1.93 bits per heavy atom. The van der Waals surface area contributed by atoms with E-state index in [-0.39, 0.29) is 5.54 Å². The number of likely N-dealkylation sites (N-methyl/N-ethyl adjacent to an activating group) is 1. The van der Waals surface area contributed by atoms with Gasteiger partial charge in [-0.05, 0) is 46.3 Å². The van der Waals surface area contributed by atoms with E-state index in [1.165, 1.54) is 6.42 Å². The molecule has 1 atom stereocenters. The van der Waals surface area contributed by atoms with E-state index < -0.39 is 0 Å². The fourth-order valence-electron chi connectivity index (χ4n) is 2.13. The quantitative estimate of drug-likeness (QED) is 0.652. The van der Waals surface area contributed by atoms with Crippen molar-refractivity contribution < 1.29 is 0 Å². The van der Waals surface area contributed by atoms with Gasteiger partial charge in [-0.2, -0.15) is 0 Å². The molecule has 1 aliphatic heterocycles. The fraction of sp³-hybridized carbons (Fsp3) is 0.909. The van der Waals surface area contributed by atoms with Gasteiger partial charge in [-0.1, -0.05) is 6.92 Å². The van der Waals surface area contributed by atoms with Gasteiger partial charge in [-0.3, -0.25) is 0 Å². The Kier molecular flexibility index (Phi) is 3.40. The van der Waals surface area contributed by atoms with Crippen molar-refractivity contribution in [3.05, 3.63) is 0 Å². The van der Waals surface area contributed by atoms with Gasteiger partial charge in [0.2, 0.25) is 0 Å². The van der Waals surface area contributed by atoms with Crippen molar-refractivity contribution in [2.24, 2.45) is 0 Å². The van der Waals surface area contributed by atoms with Crippen molar-refractivity contribution in [1.82, 2.24) is 9.80 Å². The lowest BCUT2D eigenvalue weighted by Gasteiger charge is -2.37. The van der Waals surface area contributed by atoms with Crippen molar-refractivity contribution >= 4 is 17.3 Å². The topological polar surface area (TPSA) is 6.48 Å². The zero-order valence-corrected chi connectivity index (χ0v) is 10.8. The molecule has 0 aromatic heterocycles. The summed E-state index contributed by atoms with van der Waals surface area (Å²) in [5, 5.41) is 1.03. The van der Waals surface area contributed by atoms with E-state index in [9.17, 15) is 0 Å². The number of hydrogen-bond acceptors (Lipinski definition) is 1. The molecule has 0 aromatic rings. The molecule has 0 spiro atoms. The lowest BCUT2D eigenvalue weighted by atomic mass is 10.0. The van der Waals surface area contributed by atoms with Crippen LogP contribution in [-0.2, 0) is 0 Å². The van der Waals surface area contributed by atoms with Crippen LogP contribution in [0.1, 0.15) is 41.0 Å². The Balaban J connectivity index is 2.86. The van der Waals surface area contributed by atoms with Crippen LogP contribution in [0.3, 0.4) is 0 Å². The third-order valence-corrected chi connectivity index (χ3v) is 3.30. The standard InChI is InChI=1S/C11H22N2S/c1-6-9-8-12(7-2)10(14)13(9)11(3,4)5/h9H,6-8H2,1-5H3/t9-/m0/s1. The molecule has 0 bridgehead atoms. The van der Waals surface area contributed by atoms with Crippen LogP contribution in [0.5, 0.6) is 0 Å². The molecule has 0 radical (unpaired) electrons. The van der Waals surface area contributed by atoms with Gasteiger partial charge in [0, 0.05) is 24.7 Å². The molecular weight excluding hydrogens is 192 g/mol. The molecule has 1 fully saturated rings. The first kappa shape index (κ1) is 11.8. The third kappa shape index (κ3) is 2.02. The summed E-state index contributed by atoms with van der Waals surface area (Å²) in [5.74, 6) is 0. The molecular formula is C11H22N2S. The van der Waals surface area contributed by atoms with Gasteiger partial charge in [-0.15, -0.1) is 0 Å². The summed E-state index contributed by atoms with van der Waals surface area (Å²) in [5.41, 5.74) is 0.154. The zero-order valence-electron chi connectivity index (χ0n) is 10.0. The summed E-state index contributed by atoms with van der Waals surface area (Å²) in [7, 11) is 0. The maximum atomic E-state index is 5.50. The fourth-order valence-corrected chi connectivity index (χ4v) is 2.76. The summed E-state index contributed by atoms with van der Waals surface area (Å²) in [4.78, 5) is 4.70. The number of rotatable bonds is 2. The third-order valence-electron chi connectivity index (χ3n) is 2.85. The minimum Gasteiger partial charge on any atom is -0.347 e. The SMILES string of the molecule is CC[C@H]1CN(CC)C(=S)N1C(C)(C)C. The Bertz CT molecular complexity index is 220. The van der Waals surface area contributed by atoms with Gasteiger partial charge in [0.15, 0.2) is 5.11 Å². The van der Waals surface area contributed by atoms with Crippen LogP contribution in [0.4, 0.5) is 0 Å². The summed E-state index contributed by atoms with van der Waals surface area (Å²) >= 11 is 5.50. The van der Waals surface area contributed by atoms with Crippen LogP contribution in [0.25, 0.3) is 0 Å². The summed E-state index contributed by atoms with van der Waals surface area (Å²) in [6.07, 6.45) is 1.17. The van der Waals surface area contributed by atoms with Gasteiger partial charge in [0.1, 0.15) is 0 Å². The first-order chi connectivity index (χ1) is 6.41. The molecule has 0 aliphatic carbocycles. The first-order valence-corrected chi connectivity index (χ1v) is 5.90. The normalized spacial score (nSPS) is 23.5. The van der Waals surface area contributed by atoms with E-state index >= 15 is 0 Å². The molecule has 1 heterocycles. The molecule has 0 aromatic carbocycles. The lowest BCUT2D eigenvalue weighted by molar-refractivity contribution is 0.197. The molecule has 0 unspecified atom stereocenters. The maximum Gasteiger partial charge on any atom is 0.172 e. The van der Waals surface area contributed by atoms with E-state index in [0.29, 0.717) is 6.04 Å². The monoisotopic (exact) mass is 214 g/mol. The van der Waals surface area contributed by atoms with Gasteiger partial charge in [-0.25, -0.2) is 0 Å². The maximum absolute atomic E-state index is 5.50. The van der Waals surface area contributed by atoms with Crippen LogP contribution >= 0.6 is 12.2 Å². The van der Waals surface area contributed by atoms with Gasteiger partial charge >= 0.3 is 0 Å². The van der Waals surface area contributed by atoms with E-state index in [0.717, 1.165) is 18.2 Å². The van der Waals surface area contributed by atoms with Crippen LogP contribution in [0.2, 0.25) is 0 Å². The predicted molar refractivity (Wildman–Crippen MR) is 65.5 cm³/mol. The Labute approximate surface area is 93.3 Å². The molecule has 0 saturated carbocycles. The lowest BCUT2D eigenvalue weighted by Crippen LogP contribution is -2.47. The number of nitrogens with zero attached hydrogens (tertiary/aromatic N) is 2. The van der Waals surface area contributed by atoms with Gasteiger partial charge in [0.05, 0.1) is 0 Å².